The quantitative estimate of drug-likeness (QED) is 0.644. The van der Waals surface area contributed by atoms with Gasteiger partial charge in [0.15, 0.2) is 0 Å². The Bertz CT molecular complexity index is 479. The summed E-state index contributed by atoms with van der Waals surface area (Å²) in [6.45, 7) is 2.84. The molecule has 7 heteroatoms. The number of rotatable bonds is 4. The maximum atomic E-state index is 11.0. The van der Waals surface area contributed by atoms with Gasteiger partial charge in [-0.25, -0.2) is 4.98 Å². The van der Waals surface area contributed by atoms with Crippen molar-refractivity contribution in [3.05, 3.63) is 22.2 Å². The number of nitrogens with two attached hydrogens (primary N) is 1. The topological polar surface area (TPSA) is 88.5 Å². The minimum Gasteiger partial charge on any atom is -0.384 e. The van der Waals surface area contributed by atoms with Gasteiger partial charge in [0.2, 0.25) is 5.82 Å². The van der Waals surface area contributed by atoms with Crippen LogP contribution >= 0.6 is 0 Å². The van der Waals surface area contributed by atoms with Crippen LogP contribution < -0.4 is 10.6 Å². The maximum absolute atomic E-state index is 11.0. The number of anilines is 2. The Morgan fingerprint density at radius 2 is 2.37 bits per heavy atom. The van der Waals surface area contributed by atoms with Crippen molar-refractivity contribution in [1.29, 1.82) is 0 Å². The van der Waals surface area contributed by atoms with E-state index in [2.05, 4.69) is 16.9 Å². The van der Waals surface area contributed by atoms with E-state index in [1.54, 1.807) is 0 Å². The van der Waals surface area contributed by atoms with Crippen molar-refractivity contribution >= 4 is 17.3 Å². The van der Waals surface area contributed by atoms with Crippen LogP contribution in [0.2, 0.25) is 0 Å². The minimum atomic E-state index is -0.418. The highest BCUT2D eigenvalue weighted by Crippen LogP contribution is 2.27. The first kappa shape index (κ1) is 13.5. The van der Waals surface area contributed by atoms with Crippen molar-refractivity contribution in [1.82, 2.24) is 9.88 Å². The maximum Gasteiger partial charge on any atom is 0.311 e. The van der Waals surface area contributed by atoms with Crippen LogP contribution in [-0.4, -0.2) is 48.5 Å². The summed E-state index contributed by atoms with van der Waals surface area (Å²) in [7, 11) is 3.91. The fourth-order valence-electron chi connectivity index (χ4n) is 2.53. The summed E-state index contributed by atoms with van der Waals surface area (Å²) in [5, 5.41) is 11.0. The van der Waals surface area contributed by atoms with Crippen LogP contribution in [0.15, 0.2) is 12.1 Å². The van der Waals surface area contributed by atoms with Crippen LogP contribution in [0.25, 0.3) is 0 Å². The lowest BCUT2D eigenvalue weighted by atomic mass is 10.1. The molecule has 1 atom stereocenters. The average molecular weight is 265 g/mol. The van der Waals surface area contributed by atoms with Crippen molar-refractivity contribution in [2.45, 2.75) is 6.42 Å². The molecule has 7 nitrogen and oxygen atoms in total. The lowest BCUT2D eigenvalue weighted by molar-refractivity contribution is -0.384. The van der Waals surface area contributed by atoms with E-state index in [0.717, 1.165) is 26.1 Å². The summed E-state index contributed by atoms with van der Waals surface area (Å²) in [5.41, 5.74) is 5.63. The molecule has 0 radical (unpaired) electrons. The molecular formula is C12H19N5O2. The van der Waals surface area contributed by atoms with Crippen LogP contribution in [0, 0.1) is 16.0 Å². The van der Waals surface area contributed by atoms with Gasteiger partial charge in [-0.05, 0) is 32.0 Å². The number of aromatic nitrogens is 1. The molecule has 1 aliphatic heterocycles. The van der Waals surface area contributed by atoms with Crippen LogP contribution in [0.3, 0.4) is 0 Å². The second-order valence-corrected chi connectivity index (χ2v) is 5.13. The average Bonchev–Trinajstić information content (AvgIpc) is 2.74. The van der Waals surface area contributed by atoms with Gasteiger partial charge in [0.25, 0.3) is 0 Å². The molecule has 2 rings (SSSR count). The molecule has 2 heterocycles. The third-order valence-electron chi connectivity index (χ3n) is 3.46. The fraction of sp³-hybridized carbons (Fsp3) is 0.583. The first-order valence-electron chi connectivity index (χ1n) is 6.28. The van der Waals surface area contributed by atoms with Crippen LogP contribution in [0.4, 0.5) is 17.3 Å². The molecule has 0 aliphatic carbocycles. The molecule has 1 fully saturated rings. The Morgan fingerprint density at radius 1 is 1.63 bits per heavy atom. The van der Waals surface area contributed by atoms with Crippen LogP contribution in [0.5, 0.6) is 0 Å². The lowest BCUT2D eigenvalue weighted by Crippen LogP contribution is -2.28. The van der Waals surface area contributed by atoms with E-state index >= 15 is 0 Å². The molecule has 1 unspecified atom stereocenters. The molecule has 19 heavy (non-hydrogen) atoms. The zero-order valence-corrected chi connectivity index (χ0v) is 11.2. The normalized spacial score (nSPS) is 19.6. The number of nitrogen functional groups attached to an aromatic ring is 1. The number of likely N-dealkylation sites (tertiary alicyclic amines) is 1. The largest absolute Gasteiger partial charge is 0.384 e. The summed E-state index contributed by atoms with van der Waals surface area (Å²) in [6.07, 6.45) is 1.11. The van der Waals surface area contributed by atoms with E-state index in [0.29, 0.717) is 17.6 Å². The Kier molecular flexibility index (Phi) is 3.84. The Hall–Kier alpha value is -1.89. The van der Waals surface area contributed by atoms with Gasteiger partial charge < -0.3 is 15.5 Å². The Balaban J connectivity index is 2.15. The number of pyridine rings is 1. The molecule has 0 amide bonds. The third kappa shape index (κ3) is 3.11. The van der Waals surface area contributed by atoms with Gasteiger partial charge in [0.05, 0.1) is 4.92 Å². The van der Waals surface area contributed by atoms with Gasteiger partial charge >= 0.3 is 5.69 Å². The van der Waals surface area contributed by atoms with E-state index in [-0.39, 0.29) is 5.69 Å². The van der Waals surface area contributed by atoms with Gasteiger partial charge in [-0.15, -0.1) is 0 Å². The Labute approximate surface area is 112 Å². The number of hydrogen-bond donors (Lipinski definition) is 1. The summed E-state index contributed by atoms with van der Waals surface area (Å²) < 4.78 is 0. The van der Waals surface area contributed by atoms with E-state index in [4.69, 9.17) is 5.73 Å². The zero-order chi connectivity index (χ0) is 14.0. The smallest absolute Gasteiger partial charge is 0.311 e. The molecule has 2 N–H and O–H groups in total. The SMILES string of the molecule is CN1CCC(CN(C)c2nc(N)ccc2[N+](=O)[O-])C1. The highest BCUT2D eigenvalue weighted by Gasteiger charge is 2.25. The zero-order valence-electron chi connectivity index (χ0n) is 11.2. The second-order valence-electron chi connectivity index (χ2n) is 5.13. The number of hydrogen-bond acceptors (Lipinski definition) is 6. The highest BCUT2D eigenvalue weighted by molar-refractivity contribution is 5.60. The Morgan fingerprint density at radius 3 is 2.95 bits per heavy atom. The number of nitrogens with zero attached hydrogens (tertiary/aromatic N) is 4. The van der Waals surface area contributed by atoms with Crippen molar-refractivity contribution in [3.63, 3.8) is 0 Å². The molecule has 1 saturated heterocycles. The molecule has 0 saturated carbocycles. The van der Waals surface area contributed by atoms with Gasteiger partial charge in [0.1, 0.15) is 5.82 Å². The van der Waals surface area contributed by atoms with E-state index in [1.165, 1.54) is 12.1 Å². The molecule has 1 aromatic heterocycles. The molecule has 1 aliphatic rings. The second kappa shape index (κ2) is 5.40. The monoisotopic (exact) mass is 265 g/mol. The van der Waals surface area contributed by atoms with Crippen molar-refractivity contribution < 1.29 is 4.92 Å². The highest BCUT2D eigenvalue weighted by atomic mass is 16.6. The van der Waals surface area contributed by atoms with Gasteiger partial charge in [0, 0.05) is 26.2 Å². The first-order chi connectivity index (χ1) is 8.97. The molecule has 0 bridgehead atoms. The number of nitro groups is 1. The van der Waals surface area contributed by atoms with Crippen molar-refractivity contribution in [3.8, 4) is 0 Å². The third-order valence-corrected chi connectivity index (χ3v) is 3.46. The molecule has 104 valence electrons. The first-order valence-corrected chi connectivity index (χ1v) is 6.28. The summed E-state index contributed by atoms with van der Waals surface area (Å²) in [5.74, 6) is 1.16. The predicted molar refractivity (Wildman–Crippen MR) is 74.2 cm³/mol. The molecule has 0 aromatic carbocycles. The van der Waals surface area contributed by atoms with Crippen LogP contribution in [0.1, 0.15) is 6.42 Å². The van der Waals surface area contributed by atoms with E-state index in [1.807, 2.05) is 11.9 Å². The predicted octanol–water partition coefficient (Wildman–Crippen LogP) is 0.960. The molecular weight excluding hydrogens is 246 g/mol. The standard InChI is InChI=1S/C12H19N5O2/c1-15-6-5-9(7-15)8-16(2)12-10(17(18)19)3-4-11(13)14-12/h3-4,9H,5-8H2,1-2H3,(H2,13,14). The van der Waals surface area contributed by atoms with Crippen molar-refractivity contribution in [2.75, 3.05) is 44.4 Å². The van der Waals surface area contributed by atoms with Gasteiger partial charge in [-0.1, -0.05) is 0 Å². The van der Waals surface area contributed by atoms with E-state index in [9.17, 15) is 10.1 Å². The van der Waals surface area contributed by atoms with E-state index < -0.39 is 4.92 Å². The summed E-state index contributed by atoms with van der Waals surface area (Å²) >= 11 is 0. The van der Waals surface area contributed by atoms with Gasteiger partial charge in [-0.3, -0.25) is 10.1 Å². The molecule has 1 aromatic rings. The summed E-state index contributed by atoms with van der Waals surface area (Å²) in [4.78, 5) is 18.8. The summed E-state index contributed by atoms with van der Waals surface area (Å²) in [6, 6.07) is 2.87. The minimum absolute atomic E-state index is 0.00283. The van der Waals surface area contributed by atoms with Gasteiger partial charge in [-0.2, -0.15) is 0 Å². The van der Waals surface area contributed by atoms with Crippen molar-refractivity contribution in [2.24, 2.45) is 5.92 Å². The molecule has 0 spiro atoms. The van der Waals surface area contributed by atoms with Crippen LogP contribution in [-0.2, 0) is 0 Å². The lowest BCUT2D eigenvalue weighted by Gasteiger charge is -2.22. The fourth-order valence-corrected chi connectivity index (χ4v) is 2.53.